The number of ether oxygens (including phenoxy) is 1. The van der Waals surface area contributed by atoms with Crippen LogP contribution in [0.5, 0.6) is 0 Å². The van der Waals surface area contributed by atoms with E-state index >= 15 is 0 Å². The number of para-hydroxylation sites is 1. The first-order valence-electron chi connectivity index (χ1n) is 6.58. The maximum absolute atomic E-state index is 11.7. The first-order valence-corrected chi connectivity index (χ1v) is 6.58. The van der Waals surface area contributed by atoms with Gasteiger partial charge in [-0.3, -0.25) is 4.79 Å². The molecule has 0 fully saturated rings. The van der Waals surface area contributed by atoms with E-state index < -0.39 is 0 Å². The second-order valence-corrected chi connectivity index (χ2v) is 4.40. The number of anilines is 1. The third-order valence-corrected chi connectivity index (χ3v) is 2.85. The fourth-order valence-electron chi connectivity index (χ4n) is 1.54. The van der Waals surface area contributed by atoms with Gasteiger partial charge in [-0.15, -0.1) is 0 Å². The summed E-state index contributed by atoms with van der Waals surface area (Å²) in [4.78, 5) is 11.7. The van der Waals surface area contributed by atoms with Crippen LogP contribution in [-0.2, 0) is 9.53 Å². The van der Waals surface area contributed by atoms with E-state index in [4.69, 9.17) is 10.00 Å². The molecule has 1 unspecified atom stereocenters. The number of rotatable bonds is 7. The van der Waals surface area contributed by atoms with E-state index in [9.17, 15) is 4.79 Å². The van der Waals surface area contributed by atoms with Gasteiger partial charge in [0.1, 0.15) is 6.07 Å². The maximum atomic E-state index is 11.7. The van der Waals surface area contributed by atoms with Gasteiger partial charge in [-0.2, -0.15) is 5.26 Å². The van der Waals surface area contributed by atoms with Crippen LogP contribution in [-0.4, -0.2) is 18.6 Å². The summed E-state index contributed by atoms with van der Waals surface area (Å²) in [6.07, 6.45) is 2.30. The monoisotopic (exact) mass is 260 g/mol. The lowest BCUT2D eigenvalue weighted by Gasteiger charge is -2.10. The van der Waals surface area contributed by atoms with Crippen molar-refractivity contribution >= 4 is 11.6 Å². The number of amides is 1. The summed E-state index contributed by atoms with van der Waals surface area (Å²) in [5.41, 5.74) is 1.05. The van der Waals surface area contributed by atoms with E-state index in [1.54, 1.807) is 24.3 Å². The molecule has 0 heterocycles. The van der Waals surface area contributed by atoms with Crippen molar-refractivity contribution in [2.45, 2.75) is 39.2 Å². The predicted octanol–water partition coefficient (Wildman–Crippen LogP) is 3.09. The van der Waals surface area contributed by atoms with E-state index in [0.29, 0.717) is 30.7 Å². The van der Waals surface area contributed by atoms with Crippen molar-refractivity contribution in [3.05, 3.63) is 29.8 Å². The number of hydrogen-bond acceptors (Lipinski definition) is 3. The lowest BCUT2D eigenvalue weighted by molar-refractivity contribution is -0.116. The highest BCUT2D eigenvalue weighted by atomic mass is 16.5. The number of carbonyl (C=O) groups is 1. The fraction of sp³-hybridized carbons (Fsp3) is 0.467. The molecule has 0 aromatic heterocycles. The second kappa shape index (κ2) is 8.28. The largest absolute Gasteiger partial charge is 0.379 e. The van der Waals surface area contributed by atoms with Gasteiger partial charge in [0.2, 0.25) is 5.91 Å². The Morgan fingerprint density at radius 2 is 2.21 bits per heavy atom. The van der Waals surface area contributed by atoms with Gasteiger partial charge in [0, 0.05) is 13.0 Å². The minimum absolute atomic E-state index is 0.0875. The van der Waals surface area contributed by atoms with Gasteiger partial charge in [-0.25, -0.2) is 0 Å². The first kappa shape index (κ1) is 15.2. The van der Waals surface area contributed by atoms with Gasteiger partial charge >= 0.3 is 0 Å². The Hall–Kier alpha value is -1.86. The zero-order chi connectivity index (χ0) is 14.1. The fourth-order valence-corrected chi connectivity index (χ4v) is 1.54. The molecule has 0 aliphatic carbocycles. The summed E-state index contributed by atoms with van der Waals surface area (Å²) in [5, 5.41) is 11.7. The highest BCUT2D eigenvalue weighted by Crippen LogP contribution is 2.13. The Labute approximate surface area is 114 Å². The molecule has 0 aliphatic heterocycles. The summed E-state index contributed by atoms with van der Waals surface area (Å²) in [6, 6.07) is 9.03. The van der Waals surface area contributed by atoms with Crippen molar-refractivity contribution in [3.8, 4) is 6.07 Å². The van der Waals surface area contributed by atoms with Crippen LogP contribution >= 0.6 is 0 Å². The van der Waals surface area contributed by atoms with Crippen LogP contribution in [0.25, 0.3) is 0 Å². The third kappa shape index (κ3) is 5.54. The minimum atomic E-state index is -0.0875. The Morgan fingerprint density at radius 1 is 1.47 bits per heavy atom. The number of nitrogens with one attached hydrogen (secondary N) is 1. The third-order valence-electron chi connectivity index (χ3n) is 2.85. The van der Waals surface area contributed by atoms with Crippen LogP contribution in [0.15, 0.2) is 24.3 Å². The summed E-state index contributed by atoms with van der Waals surface area (Å²) in [7, 11) is 0. The van der Waals surface area contributed by atoms with Crippen LogP contribution in [0.1, 0.15) is 38.7 Å². The highest BCUT2D eigenvalue weighted by molar-refractivity contribution is 5.92. The van der Waals surface area contributed by atoms with Crippen LogP contribution in [0.3, 0.4) is 0 Å². The number of nitriles is 1. The molecule has 0 saturated heterocycles. The van der Waals surface area contributed by atoms with Crippen LogP contribution in [0, 0.1) is 11.3 Å². The summed E-state index contributed by atoms with van der Waals surface area (Å²) in [6.45, 7) is 4.67. The van der Waals surface area contributed by atoms with Crippen LogP contribution in [0.4, 0.5) is 5.69 Å². The topological polar surface area (TPSA) is 62.1 Å². The minimum Gasteiger partial charge on any atom is -0.379 e. The molecule has 4 nitrogen and oxygen atoms in total. The SMILES string of the molecule is CCC(C)OCCCC(=O)Nc1ccccc1C#N. The lowest BCUT2D eigenvalue weighted by atomic mass is 10.2. The van der Waals surface area contributed by atoms with Crippen LogP contribution < -0.4 is 5.32 Å². The predicted molar refractivity (Wildman–Crippen MR) is 74.7 cm³/mol. The van der Waals surface area contributed by atoms with Gasteiger partial charge in [-0.1, -0.05) is 19.1 Å². The second-order valence-electron chi connectivity index (χ2n) is 4.40. The molecule has 1 atom stereocenters. The molecule has 1 aromatic rings. The summed E-state index contributed by atoms with van der Waals surface area (Å²) < 4.78 is 5.50. The molecule has 1 rings (SSSR count). The Morgan fingerprint density at radius 3 is 2.89 bits per heavy atom. The molecule has 1 aromatic carbocycles. The van der Waals surface area contributed by atoms with E-state index in [1.807, 2.05) is 6.92 Å². The number of benzene rings is 1. The van der Waals surface area contributed by atoms with Gasteiger partial charge in [0.05, 0.1) is 17.4 Å². The lowest BCUT2D eigenvalue weighted by Crippen LogP contribution is -2.14. The van der Waals surface area contributed by atoms with E-state index in [2.05, 4.69) is 18.3 Å². The molecule has 0 saturated carbocycles. The van der Waals surface area contributed by atoms with Gasteiger partial charge in [-0.05, 0) is 31.9 Å². The highest BCUT2D eigenvalue weighted by Gasteiger charge is 2.06. The summed E-state index contributed by atoms with van der Waals surface area (Å²) >= 11 is 0. The molecule has 19 heavy (non-hydrogen) atoms. The van der Waals surface area contributed by atoms with Gasteiger partial charge in [0.25, 0.3) is 0 Å². The molecule has 102 valence electrons. The molecule has 1 N–H and O–H groups in total. The molecule has 4 heteroatoms. The standard InChI is InChI=1S/C15H20N2O2/c1-3-12(2)19-10-6-9-15(18)17-14-8-5-4-7-13(14)11-16/h4-5,7-8,12H,3,6,9-10H2,1-2H3,(H,17,18). The number of hydrogen-bond donors (Lipinski definition) is 1. The average molecular weight is 260 g/mol. The molecular weight excluding hydrogens is 240 g/mol. The Kier molecular flexibility index (Phi) is 6.62. The Balaban J connectivity index is 2.34. The average Bonchev–Trinajstić information content (AvgIpc) is 2.43. The molecular formula is C15H20N2O2. The smallest absolute Gasteiger partial charge is 0.224 e. The molecule has 1 amide bonds. The van der Waals surface area contributed by atoms with Crippen molar-refractivity contribution < 1.29 is 9.53 Å². The summed E-state index contributed by atoms with van der Waals surface area (Å²) in [5.74, 6) is -0.0875. The van der Waals surface area contributed by atoms with Crippen LogP contribution in [0.2, 0.25) is 0 Å². The Bertz CT molecular complexity index is 452. The van der Waals surface area contributed by atoms with Crippen molar-refractivity contribution in [3.63, 3.8) is 0 Å². The van der Waals surface area contributed by atoms with Gasteiger partial charge < -0.3 is 10.1 Å². The molecule has 0 aliphatic rings. The van der Waals surface area contributed by atoms with Crippen molar-refractivity contribution in [1.82, 2.24) is 0 Å². The molecule has 0 spiro atoms. The maximum Gasteiger partial charge on any atom is 0.224 e. The zero-order valence-electron chi connectivity index (χ0n) is 11.5. The normalized spacial score (nSPS) is 11.6. The number of nitrogens with zero attached hydrogens (tertiary/aromatic N) is 1. The molecule has 0 radical (unpaired) electrons. The van der Waals surface area contributed by atoms with E-state index in [-0.39, 0.29) is 12.0 Å². The van der Waals surface area contributed by atoms with Crippen molar-refractivity contribution in [2.24, 2.45) is 0 Å². The first-order chi connectivity index (χ1) is 9.17. The number of carbonyl (C=O) groups excluding carboxylic acids is 1. The van der Waals surface area contributed by atoms with Crippen molar-refractivity contribution in [2.75, 3.05) is 11.9 Å². The van der Waals surface area contributed by atoms with E-state index in [0.717, 1.165) is 6.42 Å². The quantitative estimate of drug-likeness (QED) is 0.766. The molecule has 0 bridgehead atoms. The van der Waals surface area contributed by atoms with Gasteiger partial charge in [0.15, 0.2) is 0 Å². The van der Waals surface area contributed by atoms with Crippen molar-refractivity contribution in [1.29, 1.82) is 5.26 Å². The zero-order valence-corrected chi connectivity index (χ0v) is 11.5. The van der Waals surface area contributed by atoms with E-state index in [1.165, 1.54) is 0 Å².